The third kappa shape index (κ3) is 3.43. The summed E-state index contributed by atoms with van der Waals surface area (Å²) in [6.07, 6.45) is 8.06. The predicted octanol–water partition coefficient (Wildman–Crippen LogP) is 1.86. The molecule has 0 aromatic carbocycles. The maximum absolute atomic E-state index is 5.91. The molecule has 1 saturated heterocycles. The van der Waals surface area contributed by atoms with E-state index in [2.05, 4.69) is 4.90 Å². The number of nitrogens with zero attached hydrogens (tertiary/aromatic N) is 1. The molecule has 0 bridgehead atoms. The van der Waals surface area contributed by atoms with Crippen LogP contribution in [0.3, 0.4) is 0 Å². The second-order valence-electron chi connectivity index (χ2n) is 6.05. The summed E-state index contributed by atoms with van der Waals surface area (Å²) in [6.45, 7) is 5.62. The van der Waals surface area contributed by atoms with Gasteiger partial charge < -0.3 is 15.4 Å². The predicted molar refractivity (Wildman–Crippen MR) is 71.0 cm³/mol. The molecule has 2 N–H and O–H groups in total. The Labute approximate surface area is 106 Å². The van der Waals surface area contributed by atoms with Crippen molar-refractivity contribution in [2.24, 2.45) is 17.1 Å². The van der Waals surface area contributed by atoms with Gasteiger partial charge in [-0.15, -0.1) is 0 Å². The van der Waals surface area contributed by atoms with Crippen LogP contribution >= 0.6 is 0 Å². The van der Waals surface area contributed by atoms with Gasteiger partial charge in [0.15, 0.2) is 0 Å². The second-order valence-corrected chi connectivity index (χ2v) is 6.05. The quantitative estimate of drug-likeness (QED) is 0.770. The van der Waals surface area contributed by atoms with Crippen molar-refractivity contribution < 1.29 is 4.74 Å². The van der Waals surface area contributed by atoms with Gasteiger partial charge in [0.1, 0.15) is 0 Å². The zero-order chi connectivity index (χ0) is 12.1. The molecule has 17 heavy (non-hydrogen) atoms. The first-order valence-corrected chi connectivity index (χ1v) is 7.19. The summed E-state index contributed by atoms with van der Waals surface area (Å²) >= 11 is 0. The molecule has 0 atom stereocenters. The number of methoxy groups -OCH3 is 1. The summed E-state index contributed by atoms with van der Waals surface area (Å²) in [7, 11) is 1.81. The number of hydrogen-bond acceptors (Lipinski definition) is 3. The van der Waals surface area contributed by atoms with Crippen LogP contribution in [0.1, 0.15) is 38.5 Å². The maximum Gasteiger partial charge on any atom is 0.0491 e. The van der Waals surface area contributed by atoms with Crippen molar-refractivity contribution >= 4 is 0 Å². The molecule has 0 amide bonds. The Bertz CT molecular complexity index is 215. The van der Waals surface area contributed by atoms with Gasteiger partial charge in [-0.3, -0.25) is 0 Å². The van der Waals surface area contributed by atoms with Gasteiger partial charge in [0.25, 0.3) is 0 Å². The van der Waals surface area contributed by atoms with Gasteiger partial charge in [-0.1, -0.05) is 6.42 Å². The third-order valence-electron chi connectivity index (χ3n) is 4.92. The van der Waals surface area contributed by atoms with Gasteiger partial charge in [-0.25, -0.2) is 0 Å². The lowest BCUT2D eigenvalue weighted by Crippen LogP contribution is -2.42. The van der Waals surface area contributed by atoms with Crippen LogP contribution in [0.5, 0.6) is 0 Å². The van der Waals surface area contributed by atoms with E-state index in [0.717, 1.165) is 19.1 Å². The van der Waals surface area contributed by atoms with Crippen LogP contribution in [0.4, 0.5) is 0 Å². The minimum Gasteiger partial charge on any atom is -0.384 e. The minimum absolute atomic E-state index is 0.517. The van der Waals surface area contributed by atoms with Crippen molar-refractivity contribution in [3.05, 3.63) is 0 Å². The van der Waals surface area contributed by atoms with Gasteiger partial charge in [-0.2, -0.15) is 0 Å². The summed E-state index contributed by atoms with van der Waals surface area (Å²) in [5.41, 5.74) is 6.43. The Balaban J connectivity index is 1.64. The highest BCUT2D eigenvalue weighted by molar-refractivity contribution is 4.89. The van der Waals surface area contributed by atoms with Crippen molar-refractivity contribution in [3.8, 4) is 0 Å². The summed E-state index contributed by atoms with van der Waals surface area (Å²) in [5, 5.41) is 0. The highest BCUT2D eigenvalue weighted by atomic mass is 16.5. The van der Waals surface area contributed by atoms with Crippen molar-refractivity contribution in [2.45, 2.75) is 38.5 Å². The molecule has 2 rings (SSSR count). The molecule has 3 nitrogen and oxygen atoms in total. The number of ether oxygens (including phenoxy) is 1. The molecule has 0 aromatic heterocycles. The molecule has 1 heterocycles. The molecular weight excluding hydrogens is 212 g/mol. The molecule has 3 heteroatoms. The van der Waals surface area contributed by atoms with Gasteiger partial charge in [0.2, 0.25) is 0 Å². The average Bonchev–Trinajstić information content (AvgIpc) is 2.31. The van der Waals surface area contributed by atoms with E-state index in [0.29, 0.717) is 5.41 Å². The van der Waals surface area contributed by atoms with Crippen LogP contribution in [-0.2, 0) is 4.74 Å². The van der Waals surface area contributed by atoms with Crippen LogP contribution < -0.4 is 5.73 Å². The first kappa shape index (κ1) is 13.3. The summed E-state index contributed by atoms with van der Waals surface area (Å²) < 4.78 is 5.24. The van der Waals surface area contributed by atoms with E-state index in [9.17, 15) is 0 Å². The molecular formula is C14H28N2O. The molecule has 1 aliphatic heterocycles. The molecule has 1 aliphatic carbocycles. The zero-order valence-electron chi connectivity index (χ0n) is 11.3. The van der Waals surface area contributed by atoms with E-state index in [1.165, 1.54) is 58.2 Å². The van der Waals surface area contributed by atoms with Crippen molar-refractivity contribution in [1.29, 1.82) is 0 Å². The molecule has 0 spiro atoms. The lowest BCUT2D eigenvalue weighted by atomic mass is 9.66. The standard InChI is InChI=1S/C14H28N2O/c1-17-11-13-3-8-16(9-4-13)10-7-14(12-15)5-2-6-14/h13H,2-12,15H2,1H3. The minimum atomic E-state index is 0.517. The molecule has 100 valence electrons. The van der Waals surface area contributed by atoms with Gasteiger partial charge >= 0.3 is 0 Å². The van der Waals surface area contributed by atoms with Crippen LogP contribution in [0, 0.1) is 11.3 Å². The number of nitrogens with two attached hydrogens (primary N) is 1. The fourth-order valence-electron chi connectivity index (χ4n) is 3.24. The normalized spacial score (nSPS) is 25.8. The van der Waals surface area contributed by atoms with Crippen LogP contribution in [-0.4, -0.2) is 44.8 Å². The lowest BCUT2D eigenvalue weighted by molar-refractivity contribution is 0.0731. The summed E-state index contributed by atoms with van der Waals surface area (Å²) in [5.74, 6) is 0.795. The Kier molecular flexibility index (Phi) is 4.83. The van der Waals surface area contributed by atoms with Crippen molar-refractivity contribution in [3.63, 3.8) is 0 Å². The Hall–Kier alpha value is -0.120. The molecule has 1 saturated carbocycles. The van der Waals surface area contributed by atoms with E-state index in [4.69, 9.17) is 10.5 Å². The first-order valence-electron chi connectivity index (χ1n) is 7.19. The average molecular weight is 240 g/mol. The number of hydrogen-bond donors (Lipinski definition) is 1. The van der Waals surface area contributed by atoms with E-state index in [1.807, 2.05) is 7.11 Å². The molecule has 0 radical (unpaired) electrons. The van der Waals surface area contributed by atoms with E-state index >= 15 is 0 Å². The first-order chi connectivity index (χ1) is 8.28. The monoisotopic (exact) mass is 240 g/mol. The second kappa shape index (κ2) is 6.17. The van der Waals surface area contributed by atoms with Crippen molar-refractivity contribution in [1.82, 2.24) is 4.90 Å². The lowest BCUT2D eigenvalue weighted by Gasteiger charge is -2.43. The van der Waals surface area contributed by atoms with E-state index in [1.54, 1.807) is 0 Å². The third-order valence-corrected chi connectivity index (χ3v) is 4.92. The molecule has 2 fully saturated rings. The Morgan fingerprint density at radius 1 is 1.29 bits per heavy atom. The number of likely N-dealkylation sites (tertiary alicyclic amines) is 1. The summed E-state index contributed by atoms with van der Waals surface area (Å²) in [6, 6.07) is 0. The number of rotatable bonds is 6. The smallest absolute Gasteiger partial charge is 0.0491 e. The highest BCUT2D eigenvalue weighted by Gasteiger charge is 2.35. The Morgan fingerprint density at radius 2 is 2.00 bits per heavy atom. The van der Waals surface area contributed by atoms with Gasteiger partial charge in [0.05, 0.1) is 0 Å². The van der Waals surface area contributed by atoms with Gasteiger partial charge in [0, 0.05) is 13.7 Å². The largest absolute Gasteiger partial charge is 0.384 e. The maximum atomic E-state index is 5.91. The van der Waals surface area contributed by atoms with Crippen LogP contribution in [0.25, 0.3) is 0 Å². The fraction of sp³-hybridized carbons (Fsp3) is 1.00. The SMILES string of the molecule is COCC1CCN(CCC2(CN)CCC2)CC1. The summed E-state index contributed by atoms with van der Waals surface area (Å²) in [4.78, 5) is 2.63. The molecule has 0 aromatic rings. The zero-order valence-corrected chi connectivity index (χ0v) is 11.3. The van der Waals surface area contributed by atoms with Crippen LogP contribution in [0.2, 0.25) is 0 Å². The van der Waals surface area contributed by atoms with E-state index in [-0.39, 0.29) is 0 Å². The van der Waals surface area contributed by atoms with Crippen molar-refractivity contribution in [2.75, 3.05) is 39.9 Å². The van der Waals surface area contributed by atoms with E-state index < -0.39 is 0 Å². The fourth-order valence-corrected chi connectivity index (χ4v) is 3.24. The Morgan fingerprint density at radius 3 is 2.47 bits per heavy atom. The molecule has 0 unspecified atom stereocenters. The van der Waals surface area contributed by atoms with Gasteiger partial charge in [-0.05, 0) is 69.6 Å². The van der Waals surface area contributed by atoms with Crippen LogP contribution in [0.15, 0.2) is 0 Å². The highest BCUT2D eigenvalue weighted by Crippen LogP contribution is 2.43. The topological polar surface area (TPSA) is 38.5 Å². The number of piperidine rings is 1. The molecule has 2 aliphatic rings.